The van der Waals surface area contributed by atoms with Gasteiger partial charge in [-0.15, -0.1) is 0 Å². The van der Waals surface area contributed by atoms with Gasteiger partial charge in [-0.05, 0) is 12.8 Å². The largest absolute Gasteiger partial charge is 0.355 e. The molecule has 1 heterocycles. The number of rotatable bonds is 8. The summed E-state index contributed by atoms with van der Waals surface area (Å²) in [6.45, 7) is 9.03. The van der Waals surface area contributed by atoms with E-state index in [1.807, 2.05) is 0 Å². The average molecular weight is 280 g/mol. The lowest BCUT2D eigenvalue weighted by Crippen LogP contribution is -2.52. The molecule has 5 nitrogen and oxygen atoms in total. The Morgan fingerprint density at radius 1 is 1.25 bits per heavy atom. The standard InChI is InChI=1S/C15H28N4O/c1-3-5-7-17-15(20)13-18-8-10-19(11-9-18)14(12-16)6-4-2/h14H,3-11,13H2,1-2H3,(H,17,20). The lowest BCUT2D eigenvalue weighted by atomic mass is 10.1. The van der Waals surface area contributed by atoms with Crippen molar-refractivity contribution in [3.8, 4) is 6.07 Å². The Hall–Kier alpha value is -1.12. The molecule has 0 bridgehead atoms. The van der Waals surface area contributed by atoms with Crippen molar-refractivity contribution in [3.05, 3.63) is 0 Å². The van der Waals surface area contributed by atoms with Gasteiger partial charge in [0.25, 0.3) is 0 Å². The molecule has 0 aliphatic carbocycles. The van der Waals surface area contributed by atoms with Crippen LogP contribution in [0, 0.1) is 11.3 Å². The Morgan fingerprint density at radius 3 is 2.50 bits per heavy atom. The predicted molar refractivity (Wildman–Crippen MR) is 80.2 cm³/mol. The second-order valence-electron chi connectivity index (χ2n) is 5.45. The molecule has 1 N–H and O–H groups in total. The van der Waals surface area contributed by atoms with Crippen molar-refractivity contribution in [2.45, 2.75) is 45.6 Å². The van der Waals surface area contributed by atoms with E-state index in [2.05, 4.69) is 35.0 Å². The molecule has 1 fully saturated rings. The van der Waals surface area contributed by atoms with E-state index in [9.17, 15) is 10.1 Å². The van der Waals surface area contributed by atoms with Crippen molar-refractivity contribution in [1.82, 2.24) is 15.1 Å². The van der Waals surface area contributed by atoms with Gasteiger partial charge in [0.2, 0.25) is 5.91 Å². The smallest absolute Gasteiger partial charge is 0.234 e. The highest BCUT2D eigenvalue weighted by atomic mass is 16.2. The SMILES string of the molecule is CCCCNC(=O)CN1CCN(C(C#N)CCC)CC1. The van der Waals surface area contributed by atoms with Crippen LogP contribution >= 0.6 is 0 Å². The van der Waals surface area contributed by atoms with E-state index in [1.54, 1.807) is 0 Å². The number of piperazine rings is 1. The molecular weight excluding hydrogens is 252 g/mol. The first-order valence-electron chi connectivity index (χ1n) is 7.84. The molecule has 0 aromatic rings. The fraction of sp³-hybridized carbons (Fsp3) is 0.867. The summed E-state index contributed by atoms with van der Waals surface area (Å²) >= 11 is 0. The maximum absolute atomic E-state index is 11.7. The Bertz CT molecular complexity index is 318. The lowest BCUT2D eigenvalue weighted by molar-refractivity contribution is -0.122. The van der Waals surface area contributed by atoms with Crippen LogP contribution in [-0.2, 0) is 4.79 Å². The topological polar surface area (TPSA) is 59.4 Å². The third kappa shape index (κ3) is 5.89. The maximum Gasteiger partial charge on any atom is 0.234 e. The van der Waals surface area contributed by atoms with Gasteiger partial charge in [0.05, 0.1) is 18.7 Å². The Labute approximate surface area is 122 Å². The fourth-order valence-electron chi connectivity index (χ4n) is 2.50. The van der Waals surface area contributed by atoms with E-state index < -0.39 is 0 Å². The molecule has 1 amide bonds. The molecule has 1 atom stereocenters. The third-order valence-electron chi connectivity index (χ3n) is 3.78. The predicted octanol–water partition coefficient (Wildman–Crippen LogP) is 1.21. The number of amides is 1. The quantitative estimate of drug-likeness (QED) is 0.679. The molecule has 0 radical (unpaired) electrons. The van der Waals surface area contributed by atoms with Crippen LogP contribution in [0.15, 0.2) is 0 Å². The minimum atomic E-state index is 0.0422. The summed E-state index contributed by atoms with van der Waals surface area (Å²) in [5.41, 5.74) is 0. The summed E-state index contributed by atoms with van der Waals surface area (Å²) in [6, 6.07) is 2.43. The van der Waals surface area contributed by atoms with Gasteiger partial charge >= 0.3 is 0 Å². The summed E-state index contributed by atoms with van der Waals surface area (Å²) in [5, 5.41) is 12.1. The number of nitrogens with zero attached hydrogens (tertiary/aromatic N) is 3. The first kappa shape index (κ1) is 16.9. The van der Waals surface area contributed by atoms with Crippen LogP contribution in [0.25, 0.3) is 0 Å². The van der Waals surface area contributed by atoms with Crippen molar-refractivity contribution in [2.24, 2.45) is 0 Å². The van der Waals surface area contributed by atoms with Crippen LogP contribution in [0.4, 0.5) is 0 Å². The van der Waals surface area contributed by atoms with E-state index in [1.165, 1.54) is 0 Å². The van der Waals surface area contributed by atoms with E-state index in [-0.39, 0.29) is 11.9 Å². The molecule has 0 spiro atoms. The van der Waals surface area contributed by atoms with E-state index in [0.29, 0.717) is 6.54 Å². The summed E-state index contributed by atoms with van der Waals surface area (Å²) in [7, 11) is 0. The Kier molecular flexibility index (Phi) is 8.24. The number of unbranched alkanes of at least 4 members (excludes halogenated alkanes) is 1. The summed E-state index contributed by atoms with van der Waals surface area (Å²) in [4.78, 5) is 16.2. The van der Waals surface area contributed by atoms with Gasteiger partial charge in [0, 0.05) is 32.7 Å². The minimum Gasteiger partial charge on any atom is -0.355 e. The zero-order chi connectivity index (χ0) is 14.8. The van der Waals surface area contributed by atoms with Gasteiger partial charge in [-0.2, -0.15) is 5.26 Å². The highest BCUT2D eigenvalue weighted by Gasteiger charge is 2.23. The van der Waals surface area contributed by atoms with Crippen LogP contribution in [0.1, 0.15) is 39.5 Å². The summed E-state index contributed by atoms with van der Waals surface area (Å²) in [5.74, 6) is 0.122. The number of nitriles is 1. The molecule has 114 valence electrons. The molecule has 1 aliphatic rings. The molecule has 20 heavy (non-hydrogen) atoms. The van der Waals surface area contributed by atoms with Gasteiger partial charge in [0.15, 0.2) is 0 Å². The number of nitrogens with one attached hydrogen (secondary N) is 1. The Balaban J connectivity index is 2.24. The number of hydrogen-bond donors (Lipinski definition) is 1. The zero-order valence-electron chi connectivity index (χ0n) is 12.9. The fourth-order valence-corrected chi connectivity index (χ4v) is 2.50. The Morgan fingerprint density at radius 2 is 1.95 bits per heavy atom. The van der Waals surface area contributed by atoms with Crippen LogP contribution in [0.3, 0.4) is 0 Å². The molecule has 1 saturated heterocycles. The number of carbonyl (C=O) groups is 1. The lowest BCUT2D eigenvalue weighted by Gasteiger charge is -2.36. The highest BCUT2D eigenvalue weighted by molar-refractivity contribution is 5.77. The van der Waals surface area contributed by atoms with Gasteiger partial charge < -0.3 is 5.32 Å². The van der Waals surface area contributed by atoms with E-state index >= 15 is 0 Å². The molecule has 0 aromatic carbocycles. The number of hydrogen-bond acceptors (Lipinski definition) is 4. The maximum atomic E-state index is 11.7. The van der Waals surface area contributed by atoms with Gasteiger partial charge in [0.1, 0.15) is 0 Å². The molecular formula is C15H28N4O. The molecule has 5 heteroatoms. The van der Waals surface area contributed by atoms with Gasteiger partial charge in [-0.1, -0.05) is 26.7 Å². The van der Waals surface area contributed by atoms with Crippen molar-refractivity contribution in [2.75, 3.05) is 39.3 Å². The van der Waals surface area contributed by atoms with Crippen LogP contribution in [0.2, 0.25) is 0 Å². The molecule has 1 aliphatic heterocycles. The van der Waals surface area contributed by atoms with Crippen molar-refractivity contribution in [1.29, 1.82) is 5.26 Å². The summed E-state index contributed by atoms with van der Waals surface area (Å²) in [6.07, 6.45) is 4.12. The van der Waals surface area contributed by atoms with Crippen molar-refractivity contribution in [3.63, 3.8) is 0 Å². The molecule has 1 unspecified atom stereocenters. The minimum absolute atomic E-state index is 0.0422. The molecule has 1 rings (SSSR count). The second-order valence-corrected chi connectivity index (χ2v) is 5.45. The zero-order valence-corrected chi connectivity index (χ0v) is 12.9. The molecule has 0 aromatic heterocycles. The first-order chi connectivity index (χ1) is 9.71. The van der Waals surface area contributed by atoms with Crippen LogP contribution in [0.5, 0.6) is 0 Å². The van der Waals surface area contributed by atoms with Gasteiger partial charge in [-0.3, -0.25) is 14.6 Å². The summed E-state index contributed by atoms with van der Waals surface area (Å²) < 4.78 is 0. The van der Waals surface area contributed by atoms with Crippen molar-refractivity contribution < 1.29 is 4.79 Å². The normalized spacial score (nSPS) is 18.4. The monoisotopic (exact) mass is 280 g/mol. The van der Waals surface area contributed by atoms with Crippen molar-refractivity contribution >= 4 is 5.91 Å². The molecule has 0 saturated carbocycles. The third-order valence-corrected chi connectivity index (χ3v) is 3.78. The average Bonchev–Trinajstić information content (AvgIpc) is 2.46. The first-order valence-corrected chi connectivity index (χ1v) is 7.84. The van der Waals surface area contributed by atoms with Crippen LogP contribution in [-0.4, -0.2) is 61.0 Å². The van der Waals surface area contributed by atoms with E-state index in [4.69, 9.17) is 0 Å². The van der Waals surface area contributed by atoms with E-state index in [0.717, 1.165) is 58.4 Å². The van der Waals surface area contributed by atoms with Gasteiger partial charge in [-0.25, -0.2) is 0 Å². The number of carbonyl (C=O) groups excluding carboxylic acids is 1. The van der Waals surface area contributed by atoms with Crippen LogP contribution < -0.4 is 5.32 Å². The highest BCUT2D eigenvalue weighted by Crippen LogP contribution is 2.10. The second kappa shape index (κ2) is 9.73.